The van der Waals surface area contributed by atoms with Gasteiger partial charge in [0.25, 0.3) is 5.91 Å². The van der Waals surface area contributed by atoms with Gasteiger partial charge in [-0.25, -0.2) is 4.79 Å². The zero-order valence-corrected chi connectivity index (χ0v) is 20.3. The highest BCUT2D eigenvalue weighted by Gasteiger charge is 2.43. The number of carbonyl (C=O) groups excluding carboxylic acids is 2. The Morgan fingerprint density at radius 1 is 0.939 bits per heavy atom. The van der Waals surface area contributed by atoms with Crippen LogP contribution in [0.3, 0.4) is 0 Å². The number of esters is 1. The number of hydrogen-bond acceptors (Lipinski definition) is 5. The number of rotatable bonds is 3. The molecule has 1 unspecified atom stereocenters. The van der Waals surface area contributed by atoms with Gasteiger partial charge in [0.2, 0.25) is 5.76 Å². The van der Waals surface area contributed by atoms with E-state index in [0.29, 0.717) is 27.8 Å². The van der Waals surface area contributed by atoms with Crippen LogP contribution in [0.25, 0.3) is 11.0 Å². The quantitative estimate of drug-likeness (QED) is 0.290. The number of hydrogen-bond donors (Lipinski definition) is 0. The number of methoxy groups -OCH3 is 1. The molecule has 1 aliphatic rings. The maximum atomic E-state index is 13.6. The molecule has 0 N–H and O–H groups in total. The van der Waals surface area contributed by atoms with Crippen molar-refractivity contribution in [3.05, 3.63) is 108 Å². The van der Waals surface area contributed by atoms with E-state index in [1.807, 2.05) is 12.1 Å². The van der Waals surface area contributed by atoms with Crippen molar-refractivity contribution in [1.29, 1.82) is 0 Å². The highest BCUT2D eigenvalue weighted by Crippen LogP contribution is 2.41. The smallest absolute Gasteiger partial charge is 0.337 e. The van der Waals surface area contributed by atoms with Crippen LogP contribution in [0.15, 0.2) is 84.9 Å². The Kier molecular flexibility index (Phi) is 5.42. The van der Waals surface area contributed by atoms with E-state index in [-0.39, 0.29) is 16.8 Å². The Morgan fingerprint density at radius 3 is 2.27 bits per heavy atom. The predicted octanol–water partition coefficient (Wildman–Crippen LogP) is 5.85. The largest absolute Gasteiger partial charge is 0.465 e. The van der Waals surface area contributed by atoms with Gasteiger partial charge >= 0.3 is 5.97 Å². The van der Waals surface area contributed by atoms with Crippen molar-refractivity contribution < 1.29 is 18.7 Å². The van der Waals surface area contributed by atoms with Crippen LogP contribution in [0, 0.1) is 0 Å². The Balaban J connectivity index is 1.76. The third-order valence-corrected chi connectivity index (χ3v) is 6.61. The molecule has 1 amide bonds. The van der Waals surface area contributed by atoms with Crippen molar-refractivity contribution in [3.8, 4) is 0 Å². The van der Waals surface area contributed by atoms with Gasteiger partial charge in [-0.15, -0.1) is 0 Å². The molecule has 4 aromatic rings. The van der Waals surface area contributed by atoms with Crippen LogP contribution < -0.4 is 10.3 Å². The minimum absolute atomic E-state index is 0.0137. The summed E-state index contributed by atoms with van der Waals surface area (Å²) in [7, 11) is 1.31. The Hall–Kier alpha value is -3.23. The average Bonchev–Trinajstić information content (AvgIpc) is 3.12. The topological polar surface area (TPSA) is 76.8 Å². The lowest BCUT2D eigenvalue weighted by Crippen LogP contribution is -2.29. The third kappa shape index (κ3) is 3.59. The van der Waals surface area contributed by atoms with E-state index in [1.54, 1.807) is 59.5 Å². The highest BCUT2D eigenvalue weighted by molar-refractivity contribution is 9.10. The van der Waals surface area contributed by atoms with Gasteiger partial charge in [0, 0.05) is 14.6 Å². The number of amides is 1. The van der Waals surface area contributed by atoms with Crippen molar-refractivity contribution >= 4 is 60.4 Å². The highest BCUT2D eigenvalue weighted by atomic mass is 79.9. The fraction of sp³-hybridized carbons (Fsp3) is 0.0800. The standard InChI is InChI=1S/C25H15Br2NO5/c1-32-25(31)14-4-2-13(3-5-14)21-20-22(29)18-12-16(27)8-11-19(18)33-23(20)24(30)28(21)17-9-6-15(26)7-10-17/h2-12,21H,1H3. The summed E-state index contributed by atoms with van der Waals surface area (Å²) in [4.78, 5) is 40.6. The summed E-state index contributed by atoms with van der Waals surface area (Å²) in [6, 6.07) is 18.3. The minimum Gasteiger partial charge on any atom is -0.465 e. The molecule has 8 heteroatoms. The van der Waals surface area contributed by atoms with Gasteiger partial charge in [-0.1, -0.05) is 44.0 Å². The molecule has 2 heterocycles. The van der Waals surface area contributed by atoms with Gasteiger partial charge in [-0.05, 0) is 60.2 Å². The van der Waals surface area contributed by atoms with Gasteiger partial charge in [0.1, 0.15) is 5.58 Å². The minimum atomic E-state index is -0.722. The second-order valence-corrected chi connectivity index (χ2v) is 9.31. The number of carbonyl (C=O) groups is 2. The lowest BCUT2D eigenvalue weighted by atomic mass is 9.97. The van der Waals surface area contributed by atoms with Crippen LogP contribution >= 0.6 is 31.9 Å². The van der Waals surface area contributed by atoms with Gasteiger partial charge in [-0.2, -0.15) is 0 Å². The zero-order chi connectivity index (χ0) is 23.3. The van der Waals surface area contributed by atoms with Crippen LogP contribution in [0.1, 0.15) is 38.1 Å². The van der Waals surface area contributed by atoms with E-state index in [1.165, 1.54) is 7.11 Å². The molecule has 0 bridgehead atoms. The number of ether oxygens (including phenoxy) is 1. The summed E-state index contributed by atoms with van der Waals surface area (Å²) in [6.45, 7) is 0. The van der Waals surface area contributed by atoms with E-state index < -0.39 is 17.9 Å². The summed E-state index contributed by atoms with van der Waals surface area (Å²) >= 11 is 6.81. The first-order chi connectivity index (χ1) is 15.9. The average molecular weight is 569 g/mol. The van der Waals surface area contributed by atoms with Gasteiger partial charge < -0.3 is 9.15 Å². The SMILES string of the molecule is COC(=O)c1ccc(C2c3c(oc4ccc(Br)cc4c3=O)C(=O)N2c2ccc(Br)cc2)cc1. The molecule has 0 saturated carbocycles. The molecule has 164 valence electrons. The summed E-state index contributed by atoms with van der Waals surface area (Å²) in [5.41, 5.74) is 1.98. The molecule has 1 aromatic heterocycles. The molecule has 0 aliphatic carbocycles. The van der Waals surface area contributed by atoms with Gasteiger partial charge in [0.15, 0.2) is 5.43 Å². The Bertz CT molecular complexity index is 1480. The first kappa shape index (κ1) is 21.6. The molecule has 5 rings (SSSR count). The molecule has 0 radical (unpaired) electrons. The first-order valence-corrected chi connectivity index (χ1v) is 11.5. The van der Waals surface area contributed by atoms with E-state index in [2.05, 4.69) is 31.9 Å². The molecule has 0 saturated heterocycles. The predicted molar refractivity (Wildman–Crippen MR) is 131 cm³/mol. The lowest BCUT2D eigenvalue weighted by molar-refractivity contribution is 0.0600. The summed E-state index contributed by atoms with van der Waals surface area (Å²) in [5.74, 6) is -0.861. The summed E-state index contributed by atoms with van der Waals surface area (Å²) in [6.07, 6.45) is 0. The van der Waals surface area contributed by atoms with E-state index in [9.17, 15) is 14.4 Å². The molecular weight excluding hydrogens is 554 g/mol. The number of benzene rings is 3. The fourth-order valence-corrected chi connectivity index (χ4v) is 4.67. The molecule has 33 heavy (non-hydrogen) atoms. The maximum absolute atomic E-state index is 13.6. The van der Waals surface area contributed by atoms with Crippen LogP contribution in [-0.4, -0.2) is 19.0 Å². The molecule has 1 aliphatic heterocycles. The first-order valence-electron chi connectivity index (χ1n) is 9.92. The monoisotopic (exact) mass is 567 g/mol. The fourth-order valence-electron chi connectivity index (χ4n) is 4.05. The number of nitrogens with zero attached hydrogens (tertiary/aromatic N) is 1. The van der Waals surface area contributed by atoms with Crippen LogP contribution in [0.4, 0.5) is 5.69 Å². The summed E-state index contributed by atoms with van der Waals surface area (Å²) in [5, 5.41) is 0.379. The van der Waals surface area contributed by atoms with Gasteiger partial charge in [-0.3, -0.25) is 14.5 Å². The van der Waals surface area contributed by atoms with E-state index in [0.717, 1.165) is 8.95 Å². The molecule has 1 atom stereocenters. The molecule has 0 fully saturated rings. The maximum Gasteiger partial charge on any atom is 0.337 e. The number of fused-ring (bicyclic) bond motifs is 2. The molecule has 3 aromatic carbocycles. The second kappa shape index (κ2) is 8.28. The zero-order valence-electron chi connectivity index (χ0n) is 17.2. The van der Waals surface area contributed by atoms with Crippen LogP contribution in [0.5, 0.6) is 0 Å². The van der Waals surface area contributed by atoms with E-state index in [4.69, 9.17) is 9.15 Å². The van der Waals surface area contributed by atoms with Crippen molar-refractivity contribution in [3.63, 3.8) is 0 Å². The van der Waals surface area contributed by atoms with Crippen LogP contribution in [-0.2, 0) is 4.74 Å². The molecule has 0 spiro atoms. The van der Waals surface area contributed by atoms with E-state index >= 15 is 0 Å². The summed E-state index contributed by atoms with van der Waals surface area (Å²) < 4.78 is 12.3. The molecular formula is C25H15Br2NO5. The molecule has 6 nitrogen and oxygen atoms in total. The van der Waals surface area contributed by atoms with Gasteiger partial charge in [0.05, 0.1) is 29.7 Å². The Labute approximate surface area is 205 Å². The van der Waals surface area contributed by atoms with Crippen molar-refractivity contribution in [2.24, 2.45) is 0 Å². The lowest BCUT2D eigenvalue weighted by Gasteiger charge is -2.25. The Morgan fingerprint density at radius 2 is 1.61 bits per heavy atom. The third-order valence-electron chi connectivity index (χ3n) is 5.58. The normalized spacial score (nSPS) is 15.1. The van der Waals surface area contributed by atoms with Crippen molar-refractivity contribution in [2.75, 3.05) is 12.0 Å². The van der Waals surface area contributed by atoms with Crippen molar-refractivity contribution in [2.45, 2.75) is 6.04 Å². The van der Waals surface area contributed by atoms with Crippen LogP contribution in [0.2, 0.25) is 0 Å². The van der Waals surface area contributed by atoms with Crippen molar-refractivity contribution in [1.82, 2.24) is 0 Å². The number of halogens is 2. The number of anilines is 1. The second-order valence-electron chi connectivity index (χ2n) is 7.48.